The fourth-order valence-corrected chi connectivity index (χ4v) is 4.48. The van der Waals surface area contributed by atoms with Gasteiger partial charge in [0.2, 0.25) is 5.95 Å². The van der Waals surface area contributed by atoms with Crippen molar-refractivity contribution in [2.75, 3.05) is 18.4 Å². The highest BCUT2D eigenvalue weighted by molar-refractivity contribution is 7.15. The Bertz CT molecular complexity index is 1040. The summed E-state index contributed by atoms with van der Waals surface area (Å²) in [6, 6.07) is 6.06. The van der Waals surface area contributed by atoms with Gasteiger partial charge in [0.15, 0.2) is 0 Å². The highest BCUT2D eigenvalue weighted by Crippen LogP contribution is 2.32. The third-order valence-corrected chi connectivity index (χ3v) is 6.24. The number of hydrogen-bond donors (Lipinski definition) is 1. The van der Waals surface area contributed by atoms with E-state index < -0.39 is 0 Å². The minimum Gasteiger partial charge on any atom is -0.352 e. The molecule has 0 radical (unpaired) electrons. The lowest BCUT2D eigenvalue weighted by Gasteiger charge is -2.34. The lowest BCUT2D eigenvalue weighted by Crippen LogP contribution is -2.47. The second kappa shape index (κ2) is 10.8. The summed E-state index contributed by atoms with van der Waals surface area (Å²) in [6.07, 6.45) is 3.87. The molecule has 3 aromatic rings. The third-order valence-electron chi connectivity index (χ3n) is 5.03. The van der Waals surface area contributed by atoms with E-state index in [1.165, 1.54) is 35.9 Å². The number of hydrogen-bond acceptors (Lipinski definition) is 6. The van der Waals surface area contributed by atoms with Gasteiger partial charge in [-0.25, -0.2) is 19.3 Å². The molecule has 6 nitrogen and oxygen atoms in total. The molecule has 0 spiro atoms. The maximum absolute atomic E-state index is 13.7. The van der Waals surface area contributed by atoms with E-state index in [4.69, 9.17) is 11.6 Å². The lowest BCUT2D eigenvalue weighted by molar-refractivity contribution is 0.0635. The van der Waals surface area contributed by atoms with Crippen molar-refractivity contribution in [1.29, 1.82) is 0 Å². The van der Waals surface area contributed by atoms with Crippen molar-refractivity contribution in [3.63, 3.8) is 0 Å². The van der Waals surface area contributed by atoms with Crippen LogP contribution >= 0.6 is 22.9 Å². The molecule has 3 rings (SSSR count). The number of thiazole rings is 1. The zero-order valence-corrected chi connectivity index (χ0v) is 20.2. The highest BCUT2D eigenvalue weighted by Gasteiger charge is 2.30. The van der Waals surface area contributed by atoms with Gasteiger partial charge in [-0.3, -0.25) is 4.79 Å². The molecule has 0 aliphatic heterocycles. The van der Waals surface area contributed by atoms with Crippen LogP contribution in [0.1, 0.15) is 42.7 Å². The van der Waals surface area contributed by atoms with E-state index in [1.54, 1.807) is 12.1 Å². The van der Waals surface area contributed by atoms with E-state index >= 15 is 0 Å². The number of aryl methyl sites for hydroxylation is 1. The van der Waals surface area contributed by atoms with Crippen molar-refractivity contribution in [3.8, 4) is 10.4 Å². The van der Waals surface area contributed by atoms with Gasteiger partial charge in [0.05, 0.1) is 33.3 Å². The Morgan fingerprint density at radius 1 is 1.22 bits per heavy atom. The SMILES string of the molecule is CCCN(C(=O)c1nc(C)sc1-c1ccc(F)cc1)C(CNc1ncc(Cl)cn1)C(C)C. The van der Waals surface area contributed by atoms with E-state index in [0.717, 1.165) is 21.9 Å². The van der Waals surface area contributed by atoms with Crippen molar-refractivity contribution in [2.24, 2.45) is 5.92 Å². The van der Waals surface area contributed by atoms with Crippen molar-refractivity contribution >= 4 is 34.8 Å². The molecule has 1 unspecified atom stereocenters. The predicted molar refractivity (Wildman–Crippen MR) is 128 cm³/mol. The van der Waals surface area contributed by atoms with Gasteiger partial charge in [-0.2, -0.15) is 0 Å². The number of carbonyl (C=O) groups excluding carboxylic acids is 1. The molecular formula is C23H27ClFN5OS. The van der Waals surface area contributed by atoms with Gasteiger partial charge < -0.3 is 10.2 Å². The average Bonchev–Trinajstić information content (AvgIpc) is 3.16. The summed E-state index contributed by atoms with van der Waals surface area (Å²) in [5, 5.41) is 4.48. The van der Waals surface area contributed by atoms with Gasteiger partial charge in [-0.05, 0) is 37.0 Å². The van der Waals surface area contributed by atoms with Crippen molar-refractivity contribution in [3.05, 3.63) is 58.2 Å². The van der Waals surface area contributed by atoms with Gasteiger partial charge in [-0.15, -0.1) is 11.3 Å². The second-order valence-corrected chi connectivity index (χ2v) is 9.47. The maximum atomic E-state index is 13.7. The van der Waals surface area contributed by atoms with Gasteiger partial charge in [0.25, 0.3) is 5.91 Å². The molecule has 32 heavy (non-hydrogen) atoms. The minimum absolute atomic E-state index is 0.107. The maximum Gasteiger partial charge on any atom is 0.274 e. The number of benzene rings is 1. The monoisotopic (exact) mass is 475 g/mol. The normalized spacial score (nSPS) is 12.1. The van der Waals surface area contributed by atoms with Gasteiger partial charge in [0.1, 0.15) is 11.5 Å². The largest absolute Gasteiger partial charge is 0.352 e. The van der Waals surface area contributed by atoms with Gasteiger partial charge in [-0.1, -0.05) is 44.5 Å². The summed E-state index contributed by atoms with van der Waals surface area (Å²) in [4.78, 5) is 29.3. The van der Waals surface area contributed by atoms with E-state index in [9.17, 15) is 9.18 Å². The number of anilines is 1. The first-order valence-corrected chi connectivity index (χ1v) is 11.7. The number of nitrogens with zero attached hydrogens (tertiary/aromatic N) is 4. The molecule has 0 saturated heterocycles. The Balaban J connectivity index is 1.89. The molecule has 0 bridgehead atoms. The Morgan fingerprint density at radius 2 is 1.88 bits per heavy atom. The number of rotatable bonds is 9. The molecule has 0 fully saturated rings. The minimum atomic E-state index is -0.314. The zero-order chi connectivity index (χ0) is 23.3. The number of carbonyl (C=O) groups is 1. The zero-order valence-electron chi connectivity index (χ0n) is 18.6. The summed E-state index contributed by atoms with van der Waals surface area (Å²) in [5.41, 5.74) is 1.19. The summed E-state index contributed by atoms with van der Waals surface area (Å²) in [6.45, 7) is 9.15. The fourth-order valence-electron chi connectivity index (χ4n) is 3.47. The van der Waals surface area contributed by atoms with Crippen molar-refractivity contribution < 1.29 is 9.18 Å². The van der Waals surface area contributed by atoms with Crippen LogP contribution in [-0.2, 0) is 0 Å². The number of aromatic nitrogens is 3. The lowest BCUT2D eigenvalue weighted by atomic mass is 10.0. The molecule has 170 valence electrons. The number of halogens is 2. The molecule has 2 heterocycles. The Morgan fingerprint density at radius 3 is 2.47 bits per heavy atom. The highest BCUT2D eigenvalue weighted by atomic mass is 35.5. The van der Waals surface area contributed by atoms with Crippen LogP contribution < -0.4 is 5.32 Å². The van der Waals surface area contributed by atoms with Crippen molar-refractivity contribution in [1.82, 2.24) is 19.9 Å². The van der Waals surface area contributed by atoms with Crippen LogP contribution in [0, 0.1) is 18.7 Å². The van der Waals surface area contributed by atoms with Crippen LogP contribution in [0.4, 0.5) is 10.3 Å². The van der Waals surface area contributed by atoms with Crippen LogP contribution in [0.5, 0.6) is 0 Å². The van der Waals surface area contributed by atoms with Crippen LogP contribution in [0.2, 0.25) is 5.02 Å². The molecule has 1 atom stereocenters. The second-order valence-electron chi connectivity index (χ2n) is 7.83. The summed E-state index contributed by atoms with van der Waals surface area (Å²) < 4.78 is 13.4. The Labute approximate surface area is 196 Å². The van der Waals surface area contributed by atoms with Crippen LogP contribution in [-0.4, -0.2) is 44.9 Å². The molecule has 0 aliphatic rings. The fraction of sp³-hybridized carbons (Fsp3) is 0.391. The molecule has 1 N–H and O–H groups in total. The molecular weight excluding hydrogens is 449 g/mol. The summed E-state index contributed by atoms with van der Waals surface area (Å²) >= 11 is 7.31. The Hall–Kier alpha value is -2.58. The quantitative estimate of drug-likeness (QED) is 0.430. The molecule has 1 amide bonds. The molecule has 0 aliphatic carbocycles. The molecule has 2 aromatic heterocycles. The Kier molecular flexibility index (Phi) is 8.15. The van der Waals surface area contributed by atoms with Crippen LogP contribution in [0.3, 0.4) is 0 Å². The first kappa shape index (κ1) is 24.1. The molecule has 1 aromatic carbocycles. The number of amides is 1. The topological polar surface area (TPSA) is 71.0 Å². The molecule has 9 heteroatoms. The van der Waals surface area contributed by atoms with E-state index in [2.05, 4.69) is 34.1 Å². The third kappa shape index (κ3) is 5.81. The van der Waals surface area contributed by atoms with Crippen LogP contribution in [0.15, 0.2) is 36.7 Å². The smallest absolute Gasteiger partial charge is 0.274 e. The van der Waals surface area contributed by atoms with Crippen molar-refractivity contribution in [2.45, 2.75) is 40.2 Å². The summed E-state index contributed by atoms with van der Waals surface area (Å²) in [5.74, 6) is 0.193. The van der Waals surface area contributed by atoms with E-state index in [0.29, 0.717) is 29.8 Å². The van der Waals surface area contributed by atoms with Gasteiger partial charge >= 0.3 is 0 Å². The van der Waals surface area contributed by atoms with E-state index in [1.807, 2.05) is 18.7 Å². The first-order chi connectivity index (χ1) is 15.3. The van der Waals surface area contributed by atoms with Crippen LogP contribution in [0.25, 0.3) is 10.4 Å². The number of nitrogens with one attached hydrogen (secondary N) is 1. The first-order valence-electron chi connectivity index (χ1n) is 10.6. The van der Waals surface area contributed by atoms with Gasteiger partial charge in [0, 0.05) is 13.1 Å². The standard InChI is InChI=1S/C23H27ClFN5OS/c1-5-10-30(19(14(2)3)13-28-23-26-11-17(24)12-27-23)22(31)20-21(32-15(4)29-20)16-6-8-18(25)9-7-16/h6-9,11-12,14,19H,5,10,13H2,1-4H3,(H,26,27,28). The predicted octanol–water partition coefficient (Wildman–Crippen LogP) is 5.69. The van der Waals surface area contributed by atoms with E-state index in [-0.39, 0.29) is 23.7 Å². The summed E-state index contributed by atoms with van der Waals surface area (Å²) in [7, 11) is 0. The average molecular weight is 476 g/mol. The molecule has 0 saturated carbocycles.